The molecular formula is C20H15N5O. The summed E-state index contributed by atoms with van der Waals surface area (Å²) in [6.45, 7) is 0. The monoisotopic (exact) mass is 341 g/mol. The second-order valence-electron chi connectivity index (χ2n) is 6.46. The Bertz CT molecular complexity index is 1140. The van der Waals surface area contributed by atoms with Crippen LogP contribution in [-0.4, -0.2) is 15.2 Å². The minimum Gasteiger partial charge on any atom is -0.442 e. The van der Waals surface area contributed by atoms with E-state index in [0.29, 0.717) is 5.76 Å². The number of oxazole rings is 1. The molecule has 0 amide bonds. The molecule has 1 aliphatic rings. The molecule has 0 aliphatic heterocycles. The number of nitriles is 1. The normalized spacial score (nSPS) is 15.7. The van der Waals surface area contributed by atoms with Crippen molar-refractivity contribution in [3.8, 4) is 17.5 Å². The van der Waals surface area contributed by atoms with E-state index in [4.69, 9.17) is 9.68 Å². The maximum absolute atomic E-state index is 9.07. The molecule has 1 aliphatic carbocycles. The molecule has 0 radical (unpaired) electrons. The average molecular weight is 341 g/mol. The number of aryl methyl sites for hydroxylation is 1. The van der Waals surface area contributed by atoms with Crippen LogP contribution in [0.4, 0.5) is 5.69 Å². The number of aromatic amines is 1. The van der Waals surface area contributed by atoms with E-state index >= 15 is 0 Å². The minimum absolute atomic E-state index is 0.246. The second kappa shape index (κ2) is 5.74. The molecule has 1 atom stereocenters. The van der Waals surface area contributed by atoms with Crippen LogP contribution < -0.4 is 5.32 Å². The number of H-pyrrole nitrogens is 1. The van der Waals surface area contributed by atoms with Crippen LogP contribution in [0.15, 0.2) is 53.4 Å². The maximum Gasteiger partial charge on any atom is 0.181 e. The number of nitrogens with one attached hydrogen (secondary N) is 2. The fourth-order valence-corrected chi connectivity index (χ4v) is 3.66. The zero-order valence-corrected chi connectivity index (χ0v) is 13.9. The van der Waals surface area contributed by atoms with Crippen molar-refractivity contribution in [3.63, 3.8) is 0 Å². The summed E-state index contributed by atoms with van der Waals surface area (Å²) >= 11 is 0. The lowest BCUT2D eigenvalue weighted by molar-refractivity contribution is 0.570. The Morgan fingerprint density at radius 1 is 1.23 bits per heavy atom. The van der Waals surface area contributed by atoms with Gasteiger partial charge in [0.25, 0.3) is 0 Å². The van der Waals surface area contributed by atoms with Crippen molar-refractivity contribution in [2.24, 2.45) is 0 Å². The summed E-state index contributed by atoms with van der Waals surface area (Å²) in [4.78, 5) is 3.97. The predicted molar refractivity (Wildman–Crippen MR) is 97.4 cm³/mol. The van der Waals surface area contributed by atoms with Gasteiger partial charge in [0.1, 0.15) is 5.69 Å². The number of rotatable bonds is 3. The van der Waals surface area contributed by atoms with E-state index in [9.17, 15) is 0 Å². The molecule has 1 unspecified atom stereocenters. The van der Waals surface area contributed by atoms with E-state index in [0.717, 1.165) is 40.7 Å². The first kappa shape index (κ1) is 14.7. The van der Waals surface area contributed by atoms with Gasteiger partial charge in [-0.1, -0.05) is 6.07 Å². The van der Waals surface area contributed by atoms with Crippen molar-refractivity contribution in [1.29, 1.82) is 5.26 Å². The van der Waals surface area contributed by atoms with Gasteiger partial charge in [0.15, 0.2) is 12.2 Å². The van der Waals surface area contributed by atoms with E-state index < -0.39 is 0 Å². The zero-order chi connectivity index (χ0) is 17.5. The molecule has 0 spiro atoms. The minimum atomic E-state index is 0.246. The van der Waals surface area contributed by atoms with Gasteiger partial charge in [0.05, 0.1) is 29.4 Å². The molecule has 126 valence electrons. The molecule has 0 saturated heterocycles. The molecule has 2 heterocycles. The van der Waals surface area contributed by atoms with Crippen LogP contribution in [-0.2, 0) is 6.42 Å². The molecule has 26 heavy (non-hydrogen) atoms. The first-order valence-corrected chi connectivity index (χ1v) is 8.48. The van der Waals surface area contributed by atoms with Crippen LogP contribution in [0.5, 0.6) is 0 Å². The Kier molecular flexibility index (Phi) is 3.25. The largest absolute Gasteiger partial charge is 0.442 e. The molecule has 5 rings (SSSR count). The van der Waals surface area contributed by atoms with Gasteiger partial charge < -0.3 is 9.73 Å². The standard InChI is InChI=1S/C20H15N5O/c21-9-12-1-4-15-13(7-12)2-5-17(15)23-14-3-6-18-16(8-14)20(25-24-18)19-10-22-11-26-19/h1,3-4,6-8,10-11,17,23H,2,5H2,(H,24,25). The highest BCUT2D eigenvalue weighted by Crippen LogP contribution is 2.35. The van der Waals surface area contributed by atoms with Crippen molar-refractivity contribution >= 4 is 16.6 Å². The number of benzene rings is 2. The molecule has 0 bridgehead atoms. The Balaban J connectivity index is 1.48. The molecule has 2 aromatic heterocycles. The molecular weight excluding hydrogens is 326 g/mol. The fraction of sp³-hybridized carbons (Fsp3) is 0.150. The van der Waals surface area contributed by atoms with Crippen molar-refractivity contribution < 1.29 is 4.42 Å². The van der Waals surface area contributed by atoms with Crippen molar-refractivity contribution in [2.45, 2.75) is 18.9 Å². The van der Waals surface area contributed by atoms with E-state index in [1.807, 2.05) is 24.3 Å². The topological polar surface area (TPSA) is 90.5 Å². The average Bonchev–Trinajstić information content (AvgIpc) is 3.40. The Labute approximate surface area is 149 Å². The van der Waals surface area contributed by atoms with Gasteiger partial charge in [0.2, 0.25) is 0 Å². The van der Waals surface area contributed by atoms with E-state index in [1.54, 1.807) is 6.20 Å². The van der Waals surface area contributed by atoms with Crippen LogP contribution in [0.3, 0.4) is 0 Å². The quantitative estimate of drug-likeness (QED) is 0.583. The van der Waals surface area contributed by atoms with Crippen molar-refractivity contribution in [3.05, 3.63) is 65.7 Å². The lowest BCUT2D eigenvalue weighted by atomic mass is 10.0. The zero-order valence-electron chi connectivity index (χ0n) is 13.9. The Morgan fingerprint density at radius 2 is 2.19 bits per heavy atom. The van der Waals surface area contributed by atoms with Crippen LogP contribution >= 0.6 is 0 Å². The van der Waals surface area contributed by atoms with Gasteiger partial charge in [-0.25, -0.2) is 4.98 Å². The third kappa shape index (κ3) is 2.33. The maximum atomic E-state index is 9.07. The van der Waals surface area contributed by atoms with Crippen LogP contribution in [0.25, 0.3) is 22.4 Å². The number of aromatic nitrogens is 3. The Morgan fingerprint density at radius 3 is 3.04 bits per heavy atom. The van der Waals surface area contributed by atoms with Gasteiger partial charge in [-0.3, -0.25) is 5.10 Å². The number of anilines is 1. The number of fused-ring (bicyclic) bond motifs is 2. The summed E-state index contributed by atoms with van der Waals surface area (Å²) in [7, 11) is 0. The smallest absolute Gasteiger partial charge is 0.181 e. The van der Waals surface area contributed by atoms with E-state index in [-0.39, 0.29) is 6.04 Å². The van der Waals surface area contributed by atoms with Gasteiger partial charge >= 0.3 is 0 Å². The Hall–Kier alpha value is -3.59. The molecule has 6 heteroatoms. The first-order chi connectivity index (χ1) is 12.8. The number of hydrogen-bond acceptors (Lipinski definition) is 5. The lowest BCUT2D eigenvalue weighted by Gasteiger charge is -2.16. The van der Waals surface area contributed by atoms with Crippen molar-refractivity contribution in [2.75, 3.05) is 5.32 Å². The van der Waals surface area contributed by atoms with Crippen LogP contribution in [0.1, 0.15) is 29.2 Å². The number of nitrogens with zero attached hydrogens (tertiary/aromatic N) is 3. The highest BCUT2D eigenvalue weighted by Gasteiger charge is 2.23. The summed E-state index contributed by atoms with van der Waals surface area (Å²) in [5.41, 5.74) is 5.99. The van der Waals surface area contributed by atoms with Crippen molar-refractivity contribution in [1.82, 2.24) is 15.2 Å². The molecule has 2 N–H and O–H groups in total. The number of hydrogen-bond donors (Lipinski definition) is 2. The van der Waals surface area contributed by atoms with Crippen LogP contribution in [0, 0.1) is 11.3 Å². The highest BCUT2D eigenvalue weighted by atomic mass is 16.3. The van der Waals surface area contributed by atoms with Gasteiger partial charge in [-0.05, 0) is 54.3 Å². The highest BCUT2D eigenvalue weighted by molar-refractivity contribution is 5.93. The lowest BCUT2D eigenvalue weighted by Crippen LogP contribution is -2.06. The summed E-state index contributed by atoms with van der Waals surface area (Å²) < 4.78 is 5.39. The first-order valence-electron chi connectivity index (χ1n) is 8.48. The van der Waals surface area contributed by atoms with Crippen LogP contribution in [0.2, 0.25) is 0 Å². The van der Waals surface area contributed by atoms with Gasteiger partial charge in [-0.2, -0.15) is 10.4 Å². The van der Waals surface area contributed by atoms with E-state index in [2.05, 4.69) is 38.7 Å². The SMILES string of the molecule is N#Cc1ccc2c(c1)CCC2Nc1ccc2[nH]nc(-c3cnco3)c2c1. The van der Waals surface area contributed by atoms with E-state index in [1.165, 1.54) is 17.5 Å². The second-order valence-corrected chi connectivity index (χ2v) is 6.46. The summed E-state index contributed by atoms with van der Waals surface area (Å²) in [6, 6.07) is 14.6. The van der Waals surface area contributed by atoms with Gasteiger partial charge in [0, 0.05) is 11.1 Å². The molecule has 4 aromatic rings. The summed E-state index contributed by atoms with van der Waals surface area (Å²) in [5, 5.41) is 21.1. The predicted octanol–water partition coefficient (Wildman–Crippen LogP) is 4.19. The molecule has 0 fully saturated rings. The molecule has 0 saturated carbocycles. The third-order valence-corrected chi connectivity index (χ3v) is 4.92. The fourth-order valence-electron chi connectivity index (χ4n) is 3.66. The van der Waals surface area contributed by atoms with Gasteiger partial charge in [-0.15, -0.1) is 0 Å². The third-order valence-electron chi connectivity index (χ3n) is 4.92. The summed E-state index contributed by atoms with van der Waals surface area (Å²) in [5.74, 6) is 0.642. The summed E-state index contributed by atoms with van der Waals surface area (Å²) in [6.07, 6.45) is 5.07. The molecule has 6 nitrogen and oxygen atoms in total. The molecule has 2 aromatic carbocycles.